The average Bonchev–Trinajstić information content (AvgIpc) is 2.23. The number of hydrogen-bond donors (Lipinski definition) is 1. The first-order chi connectivity index (χ1) is 6.63. The lowest BCUT2D eigenvalue weighted by molar-refractivity contribution is 0.236. The number of hydrogen-bond acceptors (Lipinski definition) is 2. The first-order valence-corrected chi connectivity index (χ1v) is 7.20. The van der Waals surface area contributed by atoms with Crippen molar-refractivity contribution in [1.29, 1.82) is 0 Å². The highest BCUT2D eigenvalue weighted by Gasteiger charge is 2.28. The van der Waals surface area contributed by atoms with Gasteiger partial charge in [-0.25, -0.2) is 0 Å². The van der Waals surface area contributed by atoms with E-state index in [4.69, 9.17) is 0 Å². The molecule has 14 heavy (non-hydrogen) atoms. The maximum atomic E-state index is 3.49. The fraction of sp³-hybridized carbons (Fsp3) is 1.00. The molecule has 1 N–H and O–H groups in total. The SMILES string of the molecule is CC.CCC(CCSC)(NC)C(C)C. The van der Waals surface area contributed by atoms with Gasteiger partial charge in [-0.2, -0.15) is 11.8 Å². The van der Waals surface area contributed by atoms with Crippen molar-refractivity contribution in [2.45, 2.75) is 53.0 Å². The van der Waals surface area contributed by atoms with Gasteiger partial charge in [0, 0.05) is 5.54 Å². The van der Waals surface area contributed by atoms with E-state index in [1.165, 1.54) is 18.6 Å². The molecule has 0 aliphatic carbocycles. The normalized spacial score (nSPS) is 14.6. The number of nitrogens with one attached hydrogen (secondary N) is 1. The Labute approximate surface area is 95.4 Å². The van der Waals surface area contributed by atoms with Gasteiger partial charge in [0.05, 0.1) is 0 Å². The first-order valence-electron chi connectivity index (χ1n) is 5.80. The molecule has 0 rings (SSSR count). The van der Waals surface area contributed by atoms with Crippen molar-refractivity contribution >= 4 is 11.8 Å². The summed E-state index contributed by atoms with van der Waals surface area (Å²) in [6, 6.07) is 0. The highest BCUT2D eigenvalue weighted by Crippen LogP contribution is 2.25. The second-order valence-electron chi connectivity index (χ2n) is 3.66. The van der Waals surface area contributed by atoms with Crippen molar-refractivity contribution in [1.82, 2.24) is 5.32 Å². The zero-order valence-corrected chi connectivity index (χ0v) is 11.9. The zero-order valence-electron chi connectivity index (χ0n) is 11.1. The largest absolute Gasteiger partial charge is 0.314 e. The Kier molecular flexibility index (Phi) is 11.8. The van der Waals surface area contributed by atoms with Crippen molar-refractivity contribution in [2.75, 3.05) is 19.1 Å². The van der Waals surface area contributed by atoms with Crippen molar-refractivity contribution in [2.24, 2.45) is 5.92 Å². The quantitative estimate of drug-likeness (QED) is 0.729. The predicted octanol–water partition coefficient (Wildman–Crippen LogP) is 3.79. The maximum absolute atomic E-state index is 3.49. The summed E-state index contributed by atoms with van der Waals surface area (Å²) < 4.78 is 0. The van der Waals surface area contributed by atoms with E-state index in [-0.39, 0.29) is 0 Å². The molecule has 0 aliphatic rings. The van der Waals surface area contributed by atoms with E-state index in [0.717, 1.165) is 5.92 Å². The highest BCUT2D eigenvalue weighted by molar-refractivity contribution is 7.98. The smallest absolute Gasteiger partial charge is 0.0206 e. The van der Waals surface area contributed by atoms with E-state index in [2.05, 4.69) is 39.4 Å². The number of rotatable bonds is 6. The highest BCUT2D eigenvalue weighted by atomic mass is 32.2. The number of thioether (sulfide) groups is 1. The van der Waals surface area contributed by atoms with Crippen LogP contribution in [-0.4, -0.2) is 24.6 Å². The summed E-state index contributed by atoms with van der Waals surface area (Å²) >= 11 is 1.94. The third kappa shape index (κ3) is 5.26. The molecule has 0 saturated carbocycles. The summed E-state index contributed by atoms with van der Waals surface area (Å²) in [5, 5.41) is 3.49. The zero-order chi connectivity index (χ0) is 11.6. The lowest BCUT2D eigenvalue weighted by Gasteiger charge is -2.36. The summed E-state index contributed by atoms with van der Waals surface area (Å²) in [6.07, 6.45) is 4.68. The Morgan fingerprint density at radius 2 is 1.79 bits per heavy atom. The Morgan fingerprint density at radius 1 is 1.29 bits per heavy atom. The minimum atomic E-state index is 0.364. The van der Waals surface area contributed by atoms with Crippen LogP contribution in [0.3, 0.4) is 0 Å². The van der Waals surface area contributed by atoms with Gasteiger partial charge in [-0.15, -0.1) is 0 Å². The van der Waals surface area contributed by atoms with Gasteiger partial charge in [0.25, 0.3) is 0 Å². The molecule has 0 fully saturated rings. The van der Waals surface area contributed by atoms with E-state index < -0.39 is 0 Å². The van der Waals surface area contributed by atoms with Gasteiger partial charge in [0.15, 0.2) is 0 Å². The lowest BCUT2D eigenvalue weighted by Crippen LogP contribution is -2.47. The summed E-state index contributed by atoms with van der Waals surface area (Å²) in [6.45, 7) is 10.9. The molecule has 0 aromatic carbocycles. The third-order valence-electron chi connectivity index (χ3n) is 2.99. The van der Waals surface area contributed by atoms with Gasteiger partial charge in [0.1, 0.15) is 0 Å². The second-order valence-corrected chi connectivity index (χ2v) is 4.64. The Morgan fingerprint density at radius 3 is 2.00 bits per heavy atom. The van der Waals surface area contributed by atoms with Crippen LogP contribution in [0, 0.1) is 5.92 Å². The van der Waals surface area contributed by atoms with Gasteiger partial charge in [-0.05, 0) is 37.8 Å². The average molecular weight is 219 g/mol. The molecular weight excluding hydrogens is 190 g/mol. The first kappa shape index (κ1) is 16.7. The van der Waals surface area contributed by atoms with E-state index in [9.17, 15) is 0 Å². The Hall–Kier alpha value is 0.310. The van der Waals surface area contributed by atoms with Crippen LogP contribution in [0.2, 0.25) is 0 Å². The van der Waals surface area contributed by atoms with Crippen molar-refractivity contribution < 1.29 is 0 Å². The van der Waals surface area contributed by atoms with E-state index >= 15 is 0 Å². The molecule has 1 atom stereocenters. The van der Waals surface area contributed by atoms with Crippen LogP contribution >= 0.6 is 11.8 Å². The summed E-state index contributed by atoms with van der Waals surface area (Å²) in [7, 11) is 2.09. The van der Waals surface area contributed by atoms with Crippen LogP contribution in [-0.2, 0) is 0 Å². The molecule has 0 amide bonds. The van der Waals surface area contributed by atoms with Crippen LogP contribution in [0.15, 0.2) is 0 Å². The molecule has 0 saturated heterocycles. The van der Waals surface area contributed by atoms with Crippen LogP contribution in [0.1, 0.15) is 47.5 Å². The summed E-state index contributed by atoms with van der Waals surface area (Å²) in [5.74, 6) is 1.98. The van der Waals surface area contributed by atoms with Gasteiger partial charge < -0.3 is 5.32 Å². The molecule has 88 valence electrons. The van der Waals surface area contributed by atoms with Gasteiger partial charge >= 0.3 is 0 Å². The summed E-state index contributed by atoms with van der Waals surface area (Å²) in [5.41, 5.74) is 0.364. The van der Waals surface area contributed by atoms with E-state index in [1.807, 2.05) is 25.6 Å². The van der Waals surface area contributed by atoms with Crippen molar-refractivity contribution in [3.05, 3.63) is 0 Å². The molecule has 0 aromatic rings. The molecule has 0 bridgehead atoms. The molecule has 0 heterocycles. The predicted molar refractivity (Wildman–Crippen MR) is 71.3 cm³/mol. The van der Waals surface area contributed by atoms with Crippen LogP contribution in [0.5, 0.6) is 0 Å². The molecular formula is C12H29NS. The molecule has 1 nitrogen and oxygen atoms in total. The fourth-order valence-electron chi connectivity index (χ4n) is 1.75. The minimum absolute atomic E-state index is 0.364. The Balaban J connectivity index is 0. The van der Waals surface area contributed by atoms with Gasteiger partial charge in [-0.1, -0.05) is 34.6 Å². The van der Waals surface area contributed by atoms with Crippen molar-refractivity contribution in [3.63, 3.8) is 0 Å². The Bertz CT molecular complexity index is 109. The van der Waals surface area contributed by atoms with Crippen molar-refractivity contribution in [3.8, 4) is 0 Å². The molecule has 1 unspecified atom stereocenters. The van der Waals surface area contributed by atoms with Crippen LogP contribution in [0.25, 0.3) is 0 Å². The molecule has 0 radical (unpaired) electrons. The second kappa shape index (κ2) is 9.85. The fourth-order valence-corrected chi connectivity index (χ4v) is 2.32. The monoisotopic (exact) mass is 219 g/mol. The third-order valence-corrected chi connectivity index (χ3v) is 3.60. The maximum Gasteiger partial charge on any atom is 0.0206 e. The summed E-state index contributed by atoms with van der Waals surface area (Å²) in [4.78, 5) is 0. The lowest BCUT2D eigenvalue weighted by atomic mass is 9.82. The minimum Gasteiger partial charge on any atom is -0.314 e. The topological polar surface area (TPSA) is 12.0 Å². The molecule has 0 aliphatic heterocycles. The van der Waals surface area contributed by atoms with Crippen LogP contribution < -0.4 is 5.32 Å². The van der Waals surface area contributed by atoms with Gasteiger partial charge in [-0.3, -0.25) is 0 Å². The van der Waals surface area contributed by atoms with E-state index in [0.29, 0.717) is 5.54 Å². The van der Waals surface area contributed by atoms with Gasteiger partial charge in [0.2, 0.25) is 0 Å². The standard InChI is InChI=1S/C10H23NS.C2H6/c1-6-10(11-4,9(2)3)7-8-12-5;1-2/h9,11H,6-8H2,1-5H3;1-2H3. The molecule has 2 heteroatoms. The molecule has 0 aromatic heterocycles. The van der Waals surface area contributed by atoms with E-state index in [1.54, 1.807) is 0 Å². The van der Waals surface area contributed by atoms with Crippen LogP contribution in [0.4, 0.5) is 0 Å². The molecule has 0 spiro atoms.